The number of nitrogens with one attached hydrogen (secondary N) is 1. The molecule has 0 aromatic heterocycles. The van der Waals surface area contributed by atoms with Gasteiger partial charge in [-0.15, -0.1) is 0 Å². The van der Waals surface area contributed by atoms with Crippen LogP contribution in [0.4, 0.5) is 10.1 Å². The van der Waals surface area contributed by atoms with Crippen molar-refractivity contribution in [3.63, 3.8) is 0 Å². The first-order chi connectivity index (χ1) is 13.9. The summed E-state index contributed by atoms with van der Waals surface area (Å²) in [7, 11) is 0. The van der Waals surface area contributed by atoms with Gasteiger partial charge in [-0.2, -0.15) is 0 Å². The highest BCUT2D eigenvalue weighted by Crippen LogP contribution is 2.18. The van der Waals surface area contributed by atoms with Crippen molar-refractivity contribution in [2.75, 3.05) is 11.9 Å². The molecule has 3 rings (SSSR count). The standard InChI is InChI=1S/C22H15ClFNO4/c23-17-10-11-19(18(24)12-17)25-20(26)13-29-22(28)16-8-6-15(7-9-16)21(27)14-4-2-1-3-5-14/h1-12H,13H2,(H,25,26). The van der Waals surface area contributed by atoms with E-state index in [2.05, 4.69) is 5.32 Å². The molecule has 0 aliphatic heterocycles. The van der Waals surface area contributed by atoms with Gasteiger partial charge in [-0.1, -0.05) is 54.1 Å². The predicted molar refractivity (Wildman–Crippen MR) is 107 cm³/mol. The molecule has 7 heteroatoms. The first-order valence-corrected chi connectivity index (χ1v) is 8.93. The van der Waals surface area contributed by atoms with Gasteiger partial charge < -0.3 is 10.1 Å². The van der Waals surface area contributed by atoms with Crippen molar-refractivity contribution >= 4 is 34.9 Å². The van der Waals surface area contributed by atoms with Gasteiger partial charge in [-0.25, -0.2) is 9.18 Å². The third-order valence-electron chi connectivity index (χ3n) is 3.96. The molecule has 3 aromatic rings. The van der Waals surface area contributed by atoms with Gasteiger partial charge in [-0.3, -0.25) is 9.59 Å². The van der Waals surface area contributed by atoms with E-state index in [9.17, 15) is 18.8 Å². The maximum Gasteiger partial charge on any atom is 0.338 e. The van der Waals surface area contributed by atoms with E-state index in [1.54, 1.807) is 24.3 Å². The quantitative estimate of drug-likeness (QED) is 0.478. The fraction of sp³-hybridized carbons (Fsp3) is 0.0455. The number of carbonyl (C=O) groups excluding carboxylic acids is 3. The smallest absolute Gasteiger partial charge is 0.338 e. The average molecular weight is 412 g/mol. The van der Waals surface area contributed by atoms with E-state index >= 15 is 0 Å². The van der Waals surface area contributed by atoms with Gasteiger partial charge in [0.25, 0.3) is 5.91 Å². The summed E-state index contributed by atoms with van der Waals surface area (Å²) in [4.78, 5) is 36.3. The van der Waals surface area contributed by atoms with Crippen molar-refractivity contribution in [3.05, 3.63) is 100 Å². The minimum absolute atomic E-state index is 0.0702. The molecule has 146 valence electrons. The van der Waals surface area contributed by atoms with E-state index in [0.717, 1.165) is 6.07 Å². The minimum Gasteiger partial charge on any atom is -0.452 e. The summed E-state index contributed by atoms with van der Waals surface area (Å²) in [6.45, 7) is -0.592. The van der Waals surface area contributed by atoms with Crippen LogP contribution in [0.3, 0.4) is 0 Å². The molecule has 0 bridgehead atoms. The summed E-state index contributed by atoms with van der Waals surface area (Å²) in [6.07, 6.45) is 0. The molecule has 29 heavy (non-hydrogen) atoms. The Bertz CT molecular complexity index is 1050. The highest BCUT2D eigenvalue weighted by Gasteiger charge is 2.14. The monoisotopic (exact) mass is 411 g/mol. The topological polar surface area (TPSA) is 72.5 Å². The molecule has 0 spiro atoms. The number of rotatable bonds is 6. The van der Waals surface area contributed by atoms with Crippen LogP contribution >= 0.6 is 11.6 Å². The van der Waals surface area contributed by atoms with Crippen molar-refractivity contribution in [1.29, 1.82) is 0 Å². The zero-order valence-corrected chi connectivity index (χ0v) is 15.8. The molecule has 0 aliphatic carbocycles. The molecule has 0 unspecified atom stereocenters. The number of hydrogen-bond donors (Lipinski definition) is 1. The highest BCUT2D eigenvalue weighted by molar-refractivity contribution is 6.30. The molecular formula is C22H15ClFNO4. The second-order valence-electron chi connectivity index (χ2n) is 6.02. The summed E-state index contributed by atoms with van der Waals surface area (Å²) in [6, 6.07) is 18.4. The molecule has 0 saturated heterocycles. The lowest BCUT2D eigenvalue weighted by Gasteiger charge is -2.08. The van der Waals surface area contributed by atoms with Gasteiger partial charge in [0.1, 0.15) is 5.82 Å². The van der Waals surface area contributed by atoms with Crippen molar-refractivity contribution in [1.82, 2.24) is 0 Å². The Hall–Kier alpha value is -3.51. The first kappa shape index (κ1) is 20.2. The summed E-state index contributed by atoms with van der Waals surface area (Å²) >= 11 is 5.65. The van der Waals surface area contributed by atoms with Crippen LogP contribution in [0.2, 0.25) is 5.02 Å². The van der Waals surface area contributed by atoms with Crippen LogP contribution in [0, 0.1) is 5.82 Å². The summed E-state index contributed by atoms with van der Waals surface area (Å²) in [5, 5.41) is 2.49. The normalized spacial score (nSPS) is 10.3. The van der Waals surface area contributed by atoms with Crippen LogP contribution < -0.4 is 5.32 Å². The molecule has 3 aromatic carbocycles. The summed E-state index contributed by atoms with van der Waals surface area (Å²) in [5.41, 5.74) is 1.07. The highest BCUT2D eigenvalue weighted by atomic mass is 35.5. The lowest BCUT2D eigenvalue weighted by molar-refractivity contribution is -0.119. The van der Waals surface area contributed by atoms with Gasteiger partial charge in [0.05, 0.1) is 11.3 Å². The largest absolute Gasteiger partial charge is 0.452 e. The number of benzene rings is 3. The van der Waals surface area contributed by atoms with E-state index in [1.807, 2.05) is 6.07 Å². The van der Waals surface area contributed by atoms with Gasteiger partial charge >= 0.3 is 5.97 Å². The average Bonchev–Trinajstić information content (AvgIpc) is 2.74. The number of amides is 1. The number of hydrogen-bond acceptors (Lipinski definition) is 4. The van der Waals surface area contributed by atoms with Crippen molar-refractivity contribution in [2.24, 2.45) is 0 Å². The number of carbonyl (C=O) groups is 3. The maximum atomic E-state index is 13.7. The Kier molecular flexibility index (Phi) is 6.36. The number of halogens is 2. The third kappa shape index (κ3) is 5.27. The fourth-order valence-corrected chi connectivity index (χ4v) is 2.66. The predicted octanol–water partition coefficient (Wildman–Crippen LogP) is 4.51. The van der Waals surface area contributed by atoms with Crippen LogP contribution in [0.5, 0.6) is 0 Å². The van der Waals surface area contributed by atoms with Crippen LogP contribution in [0.25, 0.3) is 0 Å². The van der Waals surface area contributed by atoms with Crippen LogP contribution in [-0.4, -0.2) is 24.3 Å². The Morgan fingerprint density at radius 1 is 0.862 bits per heavy atom. The summed E-state index contributed by atoms with van der Waals surface area (Å²) < 4.78 is 18.6. The van der Waals surface area contributed by atoms with Crippen LogP contribution in [0.15, 0.2) is 72.8 Å². The molecule has 5 nitrogen and oxygen atoms in total. The molecule has 0 fully saturated rings. The minimum atomic E-state index is -0.740. The zero-order valence-electron chi connectivity index (χ0n) is 15.0. The molecular weight excluding hydrogens is 397 g/mol. The van der Waals surface area contributed by atoms with Crippen molar-refractivity contribution in [2.45, 2.75) is 0 Å². The Morgan fingerprint density at radius 2 is 1.48 bits per heavy atom. The van der Waals surface area contributed by atoms with Gasteiger partial charge in [0.2, 0.25) is 0 Å². The van der Waals surface area contributed by atoms with E-state index in [1.165, 1.54) is 36.4 Å². The lowest BCUT2D eigenvalue weighted by Crippen LogP contribution is -2.21. The van der Waals surface area contributed by atoms with E-state index in [0.29, 0.717) is 11.1 Å². The van der Waals surface area contributed by atoms with Gasteiger partial charge in [0, 0.05) is 16.1 Å². The van der Waals surface area contributed by atoms with E-state index in [4.69, 9.17) is 16.3 Å². The van der Waals surface area contributed by atoms with Crippen molar-refractivity contribution in [3.8, 4) is 0 Å². The SMILES string of the molecule is O=C(COC(=O)c1ccc(C(=O)c2ccccc2)cc1)Nc1ccc(Cl)cc1F. The molecule has 1 amide bonds. The Morgan fingerprint density at radius 3 is 2.14 bits per heavy atom. The third-order valence-corrected chi connectivity index (χ3v) is 4.19. The number of ketones is 1. The number of ether oxygens (including phenoxy) is 1. The molecule has 0 saturated carbocycles. The first-order valence-electron chi connectivity index (χ1n) is 8.56. The second-order valence-corrected chi connectivity index (χ2v) is 6.46. The summed E-state index contributed by atoms with van der Waals surface area (Å²) in [5.74, 6) is -2.31. The van der Waals surface area contributed by atoms with Crippen molar-refractivity contribution < 1.29 is 23.5 Å². The fourth-order valence-electron chi connectivity index (χ4n) is 2.51. The number of esters is 1. The Labute approximate surface area is 171 Å². The lowest BCUT2D eigenvalue weighted by atomic mass is 10.0. The second kappa shape index (κ2) is 9.12. The van der Waals surface area contributed by atoms with Gasteiger partial charge in [-0.05, 0) is 30.3 Å². The number of anilines is 1. The molecule has 0 aliphatic rings. The van der Waals surface area contributed by atoms with Crippen LogP contribution in [0.1, 0.15) is 26.3 Å². The maximum absolute atomic E-state index is 13.7. The van der Waals surface area contributed by atoms with E-state index in [-0.39, 0.29) is 22.1 Å². The van der Waals surface area contributed by atoms with Gasteiger partial charge in [0.15, 0.2) is 12.4 Å². The molecule has 0 radical (unpaired) electrons. The molecule has 1 N–H and O–H groups in total. The molecule has 0 heterocycles. The van der Waals surface area contributed by atoms with Crippen LogP contribution in [-0.2, 0) is 9.53 Å². The Balaban J connectivity index is 1.56. The zero-order chi connectivity index (χ0) is 20.8. The molecule has 0 atom stereocenters. The van der Waals surface area contributed by atoms with E-state index < -0.39 is 24.3 Å².